The van der Waals surface area contributed by atoms with Crippen LogP contribution in [0.3, 0.4) is 0 Å². The molecular formula is C28H20Cl2N2O2. The number of halogens is 2. The summed E-state index contributed by atoms with van der Waals surface area (Å²) < 4.78 is 7.78. The lowest BCUT2D eigenvalue weighted by Gasteiger charge is -2.26. The molecule has 0 saturated carbocycles. The van der Waals surface area contributed by atoms with Crippen LogP contribution in [-0.4, -0.2) is 15.4 Å². The molecule has 3 heterocycles. The molecule has 0 bridgehead atoms. The van der Waals surface area contributed by atoms with Crippen molar-refractivity contribution in [2.24, 2.45) is 7.05 Å². The summed E-state index contributed by atoms with van der Waals surface area (Å²) in [6.45, 7) is 0.363. The number of nitrogens with zero attached hydrogens (tertiary/aromatic N) is 2. The molecule has 2 aromatic heterocycles. The minimum absolute atomic E-state index is 0.0157. The Morgan fingerprint density at radius 2 is 1.71 bits per heavy atom. The number of para-hydroxylation sites is 1. The summed E-state index contributed by atoms with van der Waals surface area (Å²) in [5.41, 5.74) is 5.61. The number of hydrogen-bond acceptors (Lipinski definition) is 2. The Hall–Kier alpha value is -3.47. The maximum absolute atomic E-state index is 13.6. The Balaban J connectivity index is 1.67. The molecule has 1 atom stereocenters. The molecule has 34 heavy (non-hydrogen) atoms. The molecule has 6 rings (SSSR count). The van der Waals surface area contributed by atoms with Crippen molar-refractivity contribution < 1.29 is 9.21 Å². The number of fused-ring (bicyclic) bond motifs is 2. The van der Waals surface area contributed by atoms with Gasteiger partial charge in [-0.1, -0.05) is 59.6 Å². The maximum Gasteiger partial charge on any atom is 0.255 e. The standard InChI is InChI=1S/C28H20Cl2N2O2/c1-31-24-11-5-4-10-22(24)25(26(31)21-13-12-17(29)15-23(21)30)27-19-8-2-3-9-20(19)28(33)32(27)16-18-7-6-14-34-18/h2-15,27H,16H2,1H3. The zero-order valence-corrected chi connectivity index (χ0v) is 19.8. The smallest absolute Gasteiger partial charge is 0.255 e. The molecule has 5 aromatic rings. The normalized spacial score (nSPS) is 15.3. The number of aryl methyl sites for hydroxylation is 1. The van der Waals surface area contributed by atoms with Crippen molar-refractivity contribution in [3.05, 3.63) is 118 Å². The second-order valence-corrected chi connectivity index (χ2v) is 9.31. The Bertz CT molecular complexity index is 1550. The van der Waals surface area contributed by atoms with Gasteiger partial charge in [0, 0.05) is 39.7 Å². The molecule has 168 valence electrons. The van der Waals surface area contributed by atoms with Crippen LogP contribution < -0.4 is 0 Å². The fourth-order valence-electron chi connectivity index (χ4n) is 5.12. The summed E-state index contributed by atoms with van der Waals surface area (Å²) in [6, 6.07) is 25.0. The van der Waals surface area contributed by atoms with Crippen LogP contribution in [0, 0.1) is 0 Å². The lowest BCUT2D eigenvalue weighted by atomic mass is 9.93. The van der Waals surface area contributed by atoms with E-state index in [1.54, 1.807) is 12.3 Å². The second-order valence-electron chi connectivity index (χ2n) is 8.46. The summed E-state index contributed by atoms with van der Waals surface area (Å²) in [5.74, 6) is 0.718. The van der Waals surface area contributed by atoms with Gasteiger partial charge in [0.05, 0.1) is 29.6 Å². The van der Waals surface area contributed by atoms with Crippen LogP contribution in [0.1, 0.15) is 33.3 Å². The first-order valence-corrected chi connectivity index (χ1v) is 11.7. The van der Waals surface area contributed by atoms with Crippen molar-refractivity contribution >= 4 is 40.0 Å². The molecule has 1 aliphatic heterocycles. The quantitative estimate of drug-likeness (QED) is 0.263. The summed E-state index contributed by atoms with van der Waals surface area (Å²) in [6.07, 6.45) is 1.63. The van der Waals surface area contributed by atoms with Gasteiger partial charge in [-0.05, 0) is 48.0 Å². The van der Waals surface area contributed by atoms with Crippen LogP contribution in [-0.2, 0) is 13.6 Å². The molecule has 4 nitrogen and oxygen atoms in total. The van der Waals surface area contributed by atoms with E-state index in [1.807, 2.05) is 72.6 Å². The van der Waals surface area contributed by atoms with E-state index >= 15 is 0 Å². The number of carbonyl (C=O) groups is 1. The van der Waals surface area contributed by atoms with E-state index in [0.29, 0.717) is 22.2 Å². The molecule has 0 saturated heterocycles. The SMILES string of the molecule is Cn1c(-c2ccc(Cl)cc2Cl)c(C2c3ccccc3C(=O)N2Cc2ccco2)c2ccccc21. The van der Waals surface area contributed by atoms with Crippen LogP contribution in [0.25, 0.3) is 22.2 Å². The van der Waals surface area contributed by atoms with E-state index in [1.165, 1.54) is 0 Å². The fourth-order valence-corrected chi connectivity index (χ4v) is 5.62. The first-order valence-electron chi connectivity index (χ1n) is 11.0. The van der Waals surface area contributed by atoms with Crippen LogP contribution >= 0.6 is 23.2 Å². The predicted molar refractivity (Wildman–Crippen MR) is 135 cm³/mol. The number of carbonyl (C=O) groups excluding carboxylic acids is 1. The summed E-state index contributed by atoms with van der Waals surface area (Å²) in [7, 11) is 2.03. The van der Waals surface area contributed by atoms with Crippen LogP contribution in [0.15, 0.2) is 89.5 Å². The summed E-state index contributed by atoms with van der Waals surface area (Å²) in [4.78, 5) is 15.5. The minimum atomic E-state index is -0.304. The van der Waals surface area contributed by atoms with E-state index in [-0.39, 0.29) is 11.9 Å². The number of benzene rings is 3. The van der Waals surface area contributed by atoms with Crippen LogP contribution in [0.5, 0.6) is 0 Å². The highest BCUT2D eigenvalue weighted by Gasteiger charge is 2.41. The third kappa shape index (κ3) is 3.17. The van der Waals surface area contributed by atoms with Crippen molar-refractivity contribution in [3.63, 3.8) is 0 Å². The number of furan rings is 1. The first kappa shape index (κ1) is 21.1. The number of hydrogen-bond donors (Lipinski definition) is 0. The van der Waals surface area contributed by atoms with E-state index < -0.39 is 0 Å². The highest BCUT2D eigenvalue weighted by atomic mass is 35.5. The molecule has 0 N–H and O–H groups in total. The molecule has 0 fully saturated rings. The van der Waals surface area contributed by atoms with Gasteiger partial charge >= 0.3 is 0 Å². The third-order valence-corrected chi connectivity index (χ3v) is 7.12. The van der Waals surface area contributed by atoms with E-state index in [4.69, 9.17) is 27.6 Å². The van der Waals surface area contributed by atoms with Gasteiger partial charge < -0.3 is 13.9 Å². The van der Waals surface area contributed by atoms with Gasteiger partial charge in [0.25, 0.3) is 5.91 Å². The second kappa shape index (κ2) is 8.08. The Morgan fingerprint density at radius 1 is 0.912 bits per heavy atom. The topological polar surface area (TPSA) is 38.4 Å². The molecule has 1 unspecified atom stereocenters. The highest BCUT2D eigenvalue weighted by Crippen LogP contribution is 2.48. The monoisotopic (exact) mass is 486 g/mol. The van der Waals surface area contributed by atoms with Crippen molar-refractivity contribution in [2.75, 3.05) is 0 Å². The van der Waals surface area contributed by atoms with Crippen molar-refractivity contribution in [1.82, 2.24) is 9.47 Å². The van der Waals surface area contributed by atoms with Crippen molar-refractivity contribution in [2.45, 2.75) is 12.6 Å². The lowest BCUT2D eigenvalue weighted by Crippen LogP contribution is -2.28. The Morgan fingerprint density at radius 3 is 2.50 bits per heavy atom. The fraction of sp³-hybridized carbons (Fsp3) is 0.107. The summed E-state index contributed by atoms with van der Waals surface area (Å²) >= 11 is 13.0. The first-order chi connectivity index (χ1) is 16.5. The molecule has 1 aliphatic rings. The van der Waals surface area contributed by atoms with E-state index in [0.717, 1.165) is 39.0 Å². The molecule has 0 aliphatic carbocycles. The zero-order valence-electron chi connectivity index (χ0n) is 18.3. The van der Waals surface area contributed by atoms with Crippen molar-refractivity contribution in [1.29, 1.82) is 0 Å². The Labute approximate surface area is 206 Å². The average molecular weight is 487 g/mol. The van der Waals surface area contributed by atoms with Gasteiger partial charge in [0.2, 0.25) is 0 Å². The van der Waals surface area contributed by atoms with Gasteiger partial charge in [-0.2, -0.15) is 0 Å². The van der Waals surface area contributed by atoms with E-state index in [9.17, 15) is 4.79 Å². The summed E-state index contributed by atoms with van der Waals surface area (Å²) in [5, 5.41) is 2.22. The number of aromatic nitrogens is 1. The molecule has 1 amide bonds. The number of amides is 1. The lowest BCUT2D eigenvalue weighted by molar-refractivity contribution is 0.0724. The van der Waals surface area contributed by atoms with Crippen LogP contribution in [0.4, 0.5) is 0 Å². The van der Waals surface area contributed by atoms with Crippen molar-refractivity contribution in [3.8, 4) is 11.3 Å². The Kier molecular flexibility index (Phi) is 5.01. The largest absolute Gasteiger partial charge is 0.467 e. The minimum Gasteiger partial charge on any atom is -0.467 e. The van der Waals surface area contributed by atoms with Gasteiger partial charge in [-0.3, -0.25) is 4.79 Å². The average Bonchev–Trinajstić information content (AvgIpc) is 3.52. The van der Waals surface area contributed by atoms with E-state index in [2.05, 4.69) is 16.7 Å². The predicted octanol–water partition coefficient (Wildman–Crippen LogP) is 7.49. The van der Waals surface area contributed by atoms with Gasteiger partial charge in [-0.25, -0.2) is 0 Å². The molecule has 3 aromatic carbocycles. The van der Waals surface area contributed by atoms with Crippen LogP contribution in [0.2, 0.25) is 10.0 Å². The molecule has 6 heteroatoms. The molecule has 0 spiro atoms. The highest BCUT2D eigenvalue weighted by molar-refractivity contribution is 6.36. The van der Waals surface area contributed by atoms with Gasteiger partial charge in [0.1, 0.15) is 5.76 Å². The zero-order chi connectivity index (χ0) is 23.4. The molecular weight excluding hydrogens is 467 g/mol. The van der Waals surface area contributed by atoms with Gasteiger partial charge in [0.15, 0.2) is 0 Å². The van der Waals surface area contributed by atoms with Gasteiger partial charge in [-0.15, -0.1) is 0 Å². The molecule has 0 radical (unpaired) electrons. The number of rotatable bonds is 4. The maximum atomic E-state index is 13.6. The third-order valence-electron chi connectivity index (χ3n) is 6.57.